The highest BCUT2D eigenvalue weighted by atomic mass is 15.1. The fourth-order valence-electron chi connectivity index (χ4n) is 4.91. The highest BCUT2D eigenvalue weighted by Gasteiger charge is 2.28. The van der Waals surface area contributed by atoms with Crippen molar-refractivity contribution in [2.45, 2.75) is 46.1 Å². The molecule has 3 aromatic rings. The van der Waals surface area contributed by atoms with Gasteiger partial charge in [-0.2, -0.15) is 0 Å². The predicted octanol–water partition coefficient (Wildman–Crippen LogP) is 5.83. The maximum Gasteiger partial charge on any atom is 0.190 e. The molecule has 0 radical (unpaired) electrons. The molecule has 0 amide bonds. The van der Waals surface area contributed by atoms with Crippen molar-refractivity contribution < 1.29 is 0 Å². The van der Waals surface area contributed by atoms with Crippen LogP contribution in [0.15, 0.2) is 36.5 Å². The standard InChI is InChI=1S/C25H27N3/c1-16-10-24-21(11-23(16)26-4)22(15-28(24)18-13-27-14-18)20-7-5-6-17-12-25(2,3)9-8-19(17)20/h5-7,10-11,15,18,27H,8-9,12-14H2,1-3H3. The van der Waals surface area contributed by atoms with E-state index in [2.05, 4.69) is 72.0 Å². The lowest BCUT2D eigenvalue weighted by atomic mass is 9.73. The molecule has 1 N–H and O–H groups in total. The molecule has 1 aliphatic heterocycles. The third-order valence-electron chi connectivity index (χ3n) is 6.71. The van der Waals surface area contributed by atoms with E-state index in [1.54, 1.807) is 0 Å². The van der Waals surface area contributed by atoms with Crippen molar-refractivity contribution in [3.8, 4) is 11.1 Å². The molecule has 0 saturated carbocycles. The van der Waals surface area contributed by atoms with Crippen molar-refractivity contribution in [2.75, 3.05) is 13.1 Å². The minimum absolute atomic E-state index is 0.381. The number of benzene rings is 2. The topological polar surface area (TPSA) is 21.3 Å². The van der Waals surface area contributed by atoms with Crippen molar-refractivity contribution in [1.82, 2.24) is 9.88 Å². The van der Waals surface area contributed by atoms with E-state index < -0.39 is 0 Å². The zero-order valence-electron chi connectivity index (χ0n) is 17.0. The van der Waals surface area contributed by atoms with Crippen LogP contribution in [-0.2, 0) is 12.8 Å². The van der Waals surface area contributed by atoms with Gasteiger partial charge >= 0.3 is 0 Å². The van der Waals surface area contributed by atoms with Crippen LogP contribution < -0.4 is 5.32 Å². The van der Waals surface area contributed by atoms with Gasteiger partial charge in [0.15, 0.2) is 5.69 Å². The summed E-state index contributed by atoms with van der Waals surface area (Å²) in [5.74, 6) is 0. The maximum atomic E-state index is 7.58. The Morgan fingerprint density at radius 2 is 2.00 bits per heavy atom. The minimum atomic E-state index is 0.381. The average molecular weight is 370 g/mol. The number of rotatable bonds is 2. The third kappa shape index (κ3) is 2.67. The Morgan fingerprint density at radius 3 is 2.71 bits per heavy atom. The fourth-order valence-corrected chi connectivity index (χ4v) is 4.91. The van der Waals surface area contributed by atoms with Gasteiger partial charge in [0.05, 0.1) is 12.6 Å². The van der Waals surface area contributed by atoms with Crippen LogP contribution in [0.4, 0.5) is 5.69 Å². The zero-order chi connectivity index (χ0) is 19.5. The van der Waals surface area contributed by atoms with E-state index in [0.717, 1.165) is 37.2 Å². The largest absolute Gasteiger partial charge is 0.341 e. The fraction of sp³-hybridized carbons (Fsp3) is 0.400. The molecule has 142 valence electrons. The lowest BCUT2D eigenvalue weighted by Crippen LogP contribution is -2.43. The van der Waals surface area contributed by atoms with Crippen molar-refractivity contribution in [2.24, 2.45) is 5.41 Å². The van der Waals surface area contributed by atoms with E-state index >= 15 is 0 Å². The third-order valence-corrected chi connectivity index (χ3v) is 6.71. The molecule has 1 saturated heterocycles. The van der Waals surface area contributed by atoms with E-state index in [0.29, 0.717) is 11.5 Å². The Morgan fingerprint density at radius 1 is 1.18 bits per heavy atom. The first-order valence-electron chi connectivity index (χ1n) is 10.3. The quantitative estimate of drug-likeness (QED) is 0.564. The lowest BCUT2D eigenvalue weighted by molar-refractivity contribution is 0.315. The van der Waals surface area contributed by atoms with Gasteiger partial charge in [-0.3, -0.25) is 0 Å². The molecule has 5 rings (SSSR count). The van der Waals surface area contributed by atoms with E-state index in [9.17, 15) is 0 Å². The number of nitrogens with one attached hydrogen (secondary N) is 1. The van der Waals surface area contributed by atoms with Gasteiger partial charge in [-0.1, -0.05) is 32.0 Å². The molecule has 3 nitrogen and oxygen atoms in total. The van der Waals surface area contributed by atoms with E-state index in [4.69, 9.17) is 6.57 Å². The summed E-state index contributed by atoms with van der Waals surface area (Å²) in [6.07, 6.45) is 5.86. The summed E-state index contributed by atoms with van der Waals surface area (Å²) < 4.78 is 2.44. The van der Waals surface area contributed by atoms with Gasteiger partial charge in [0, 0.05) is 30.4 Å². The predicted molar refractivity (Wildman–Crippen MR) is 116 cm³/mol. The summed E-state index contributed by atoms with van der Waals surface area (Å²) in [5.41, 5.74) is 9.15. The summed E-state index contributed by atoms with van der Waals surface area (Å²) in [4.78, 5) is 3.78. The molecule has 1 fully saturated rings. The molecule has 2 aliphatic rings. The normalized spacial score (nSPS) is 18.5. The second kappa shape index (κ2) is 6.22. The number of hydrogen-bond donors (Lipinski definition) is 1. The van der Waals surface area contributed by atoms with Crippen LogP contribution in [0.3, 0.4) is 0 Å². The monoisotopic (exact) mass is 369 g/mol. The molecular formula is C25H27N3. The first kappa shape index (κ1) is 17.5. The molecule has 0 atom stereocenters. The second-order valence-corrected chi connectivity index (χ2v) is 9.31. The number of hydrogen-bond acceptors (Lipinski definition) is 1. The molecule has 28 heavy (non-hydrogen) atoms. The zero-order valence-corrected chi connectivity index (χ0v) is 17.0. The van der Waals surface area contributed by atoms with Crippen LogP contribution >= 0.6 is 0 Å². The Hall–Kier alpha value is -2.57. The van der Waals surface area contributed by atoms with Crippen LogP contribution in [0.5, 0.6) is 0 Å². The van der Waals surface area contributed by atoms with Gasteiger partial charge in [0.1, 0.15) is 0 Å². The minimum Gasteiger partial charge on any atom is -0.341 e. The number of aromatic nitrogens is 1. The number of aryl methyl sites for hydroxylation is 1. The molecular weight excluding hydrogens is 342 g/mol. The molecule has 0 bridgehead atoms. The van der Waals surface area contributed by atoms with Crippen LogP contribution in [-0.4, -0.2) is 17.7 Å². The van der Waals surface area contributed by atoms with Crippen molar-refractivity contribution in [3.05, 3.63) is 64.6 Å². The van der Waals surface area contributed by atoms with Crippen LogP contribution in [0.1, 0.15) is 43.0 Å². The maximum absolute atomic E-state index is 7.58. The smallest absolute Gasteiger partial charge is 0.190 e. The highest BCUT2D eigenvalue weighted by Crippen LogP contribution is 2.43. The number of nitrogens with zero attached hydrogens (tertiary/aromatic N) is 2. The molecule has 1 aliphatic carbocycles. The van der Waals surface area contributed by atoms with Crippen molar-refractivity contribution in [1.29, 1.82) is 0 Å². The number of fused-ring (bicyclic) bond motifs is 2. The van der Waals surface area contributed by atoms with E-state index in [-0.39, 0.29) is 0 Å². The lowest BCUT2D eigenvalue weighted by Gasteiger charge is -2.32. The van der Waals surface area contributed by atoms with Gasteiger partial charge in [-0.25, -0.2) is 4.85 Å². The molecule has 0 spiro atoms. The highest BCUT2D eigenvalue weighted by molar-refractivity contribution is 5.99. The summed E-state index contributed by atoms with van der Waals surface area (Å²) in [5, 5.41) is 4.62. The average Bonchev–Trinajstić information content (AvgIpc) is 2.96. The van der Waals surface area contributed by atoms with Gasteiger partial charge in [-0.15, -0.1) is 0 Å². The van der Waals surface area contributed by atoms with E-state index in [1.807, 2.05) is 0 Å². The van der Waals surface area contributed by atoms with Crippen LogP contribution in [0.2, 0.25) is 0 Å². The summed E-state index contributed by atoms with van der Waals surface area (Å²) in [7, 11) is 0. The molecule has 2 heterocycles. The molecule has 0 unspecified atom stereocenters. The Labute approximate surface area is 167 Å². The second-order valence-electron chi connectivity index (χ2n) is 9.31. The van der Waals surface area contributed by atoms with Gasteiger partial charge < -0.3 is 9.88 Å². The van der Waals surface area contributed by atoms with Crippen LogP contribution in [0, 0.1) is 18.9 Å². The first-order valence-corrected chi connectivity index (χ1v) is 10.3. The van der Waals surface area contributed by atoms with Gasteiger partial charge in [0.2, 0.25) is 0 Å². The molecule has 3 heteroatoms. The van der Waals surface area contributed by atoms with Crippen molar-refractivity contribution >= 4 is 16.6 Å². The van der Waals surface area contributed by atoms with Crippen LogP contribution in [0.25, 0.3) is 26.9 Å². The van der Waals surface area contributed by atoms with E-state index in [1.165, 1.54) is 39.6 Å². The van der Waals surface area contributed by atoms with Crippen molar-refractivity contribution in [3.63, 3.8) is 0 Å². The molecule has 2 aromatic carbocycles. The Kier molecular flexibility index (Phi) is 3.89. The summed E-state index contributed by atoms with van der Waals surface area (Å²) in [6, 6.07) is 11.6. The summed E-state index contributed by atoms with van der Waals surface area (Å²) in [6.45, 7) is 16.4. The molecule has 1 aromatic heterocycles. The summed E-state index contributed by atoms with van der Waals surface area (Å²) >= 11 is 0. The Bertz CT molecular complexity index is 1120. The Balaban J connectivity index is 1.75. The van der Waals surface area contributed by atoms with Gasteiger partial charge in [-0.05, 0) is 71.4 Å². The van der Waals surface area contributed by atoms with Gasteiger partial charge in [0.25, 0.3) is 0 Å². The SMILES string of the molecule is [C-]#[N+]c1cc2c(-c3cccc4c3CCC(C)(C)C4)cn(C3CNC3)c2cc1C. The first-order chi connectivity index (χ1) is 13.5.